The first-order valence-electron chi connectivity index (χ1n) is 8.37. The molecule has 0 radical (unpaired) electrons. The molecule has 0 aliphatic heterocycles. The van der Waals surface area contributed by atoms with Gasteiger partial charge in [-0.3, -0.25) is 4.79 Å². The zero-order chi connectivity index (χ0) is 19.9. The molecule has 0 saturated heterocycles. The van der Waals surface area contributed by atoms with Crippen LogP contribution in [0.25, 0.3) is 0 Å². The summed E-state index contributed by atoms with van der Waals surface area (Å²) in [6.45, 7) is 2.05. The van der Waals surface area contributed by atoms with Gasteiger partial charge in [-0.2, -0.15) is 0 Å². The second kappa shape index (κ2) is 9.82. The molecular formula is C20H18ClN3O2S2. The van der Waals surface area contributed by atoms with Gasteiger partial charge in [0.2, 0.25) is 5.91 Å². The molecule has 0 aliphatic rings. The minimum atomic E-state index is -0.150. The third-order valence-electron chi connectivity index (χ3n) is 3.61. The van der Waals surface area contributed by atoms with Gasteiger partial charge >= 0.3 is 0 Å². The normalized spacial score (nSPS) is 10.5. The van der Waals surface area contributed by atoms with Gasteiger partial charge < -0.3 is 10.1 Å². The number of halogens is 1. The van der Waals surface area contributed by atoms with E-state index < -0.39 is 0 Å². The quantitative estimate of drug-likeness (QED) is 0.510. The standard InChI is InChI=1S/C20H18ClN3O2S2/c1-13-4-3-5-15(10-13)28-20-19(22-8-9-23-20)27-12-18(25)24-14-6-7-17(26-2)16(21)11-14/h3-11H,12H2,1-2H3,(H,24,25). The van der Waals surface area contributed by atoms with E-state index in [1.165, 1.54) is 29.1 Å². The van der Waals surface area contributed by atoms with Gasteiger partial charge in [0.1, 0.15) is 15.8 Å². The van der Waals surface area contributed by atoms with E-state index in [9.17, 15) is 4.79 Å². The van der Waals surface area contributed by atoms with Crippen molar-refractivity contribution in [2.24, 2.45) is 0 Å². The fourth-order valence-electron chi connectivity index (χ4n) is 2.35. The number of anilines is 1. The Kier molecular flexibility index (Phi) is 7.19. The topological polar surface area (TPSA) is 64.1 Å². The van der Waals surface area contributed by atoms with Crippen LogP contribution in [-0.4, -0.2) is 28.7 Å². The number of rotatable bonds is 7. The first-order valence-corrected chi connectivity index (χ1v) is 10.5. The summed E-state index contributed by atoms with van der Waals surface area (Å²) in [5.41, 5.74) is 1.80. The zero-order valence-corrected chi connectivity index (χ0v) is 17.7. The van der Waals surface area contributed by atoms with Crippen molar-refractivity contribution in [3.8, 4) is 5.75 Å². The lowest BCUT2D eigenvalue weighted by atomic mass is 10.2. The average Bonchev–Trinajstić information content (AvgIpc) is 2.67. The van der Waals surface area contributed by atoms with E-state index >= 15 is 0 Å². The van der Waals surface area contributed by atoms with Crippen molar-refractivity contribution in [3.05, 3.63) is 65.4 Å². The fourth-order valence-corrected chi connectivity index (χ4v) is 4.43. The van der Waals surface area contributed by atoms with Crippen LogP contribution in [0.15, 0.2) is 69.8 Å². The molecule has 1 N–H and O–H groups in total. The number of ether oxygens (including phenoxy) is 1. The lowest BCUT2D eigenvalue weighted by Gasteiger charge is -2.09. The summed E-state index contributed by atoms with van der Waals surface area (Å²) in [4.78, 5) is 22.2. The summed E-state index contributed by atoms with van der Waals surface area (Å²) < 4.78 is 5.11. The molecule has 144 valence electrons. The Balaban J connectivity index is 1.63. The van der Waals surface area contributed by atoms with E-state index in [0.717, 1.165) is 14.9 Å². The highest BCUT2D eigenvalue weighted by Gasteiger charge is 2.12. The number of methoxy groups -OCH3 is 1. The Hall–Kier alpha value is -2.22. The first kappa shape index (κ1) is 20.5. The van der Waals surface area contributed by atoms with E-state index in [-0.39, 0.29) is 11.7 Å². The van der Waals surface area contributed by atoms with Crippen molar-refractivity contribution in [1.82, 2.24) is 9.97 Å². The SMILES string of the molecule is COc1ccc(NC(=O)CSc2nccnc2Sc2cccc(C)c2)cc1Cl. The molecule has 0 saturated carbocycles. The van der Waals surface area contributed by atoms with Gasteiger partial charge in [-0.1, -0.05) is 52.8 Å². The largest absolute Gasteiger partial charge is 0.495 e. The van der Waals surface area contributed by atoms with Gasteiger partial charge in [-0.25, -0.2) is 9.97 Å². The Morgan fingerprint density at radius 2 is 1.93 bits per heavy atom. The molecule has 3 aromatic rings. The monoisotopic (exact) mass is 431 g/mol. The number of amides is 1. The fraction of sp³-hybridized carbons (Fsp3) is 0.150. The molecule has 0 bridgehead atoms. The highest BCUT2D eigenvalue weighted by Crippen LogP contribution is 2.33. The van der Waals surface area contributed by atoms with Gasteiger partial charge in [-0.15, -0.1) is 0 Å². The Labute approximate surface area is 177 Å². The summed E-state index contributed by atoms with van der Waals surface area (Å²) in [5.74, 6) is 0.624. The molecule has 0 unspecified atom stereocenters. The minimum absolute atomic E-state index is 0.150. The predicted octanol–water partition coefficient (Wildman–Crippen LogP) is 5.33. The lowest BCUT2D eigenvalue weighted by molar-refractivity contribution is -0.113. The van der Waals surface area contributed by atoms with Gasteiger partial charge in [0.25, 0.3) is 0 Å². The maximum Gasteiger partial charge on any atom is 0.234 e. The number of thioether (sulfide) groups is 1. The third kappa shape index (κ3) is 5.64. The maximum absolute atomic E-state index is 12.3. The van der Waals surface area contributed by atoms with Crippen molar-refractivity contribution in [1.29, 1.82) is 0 Å². The van der Waals surface area contributed by atoms with Crippen LogP contribution < -0.4 is 10.1 Å². The molecule has 8 heteroatoms. The number of nitrogens with one attached hydrogen (secondary N) is 1. The molecule has 28 heavy (non-hydrogen) atoms. The second-order valence-electron chi connectivity index (χ2n) is 5.77. The van der Waals surface area contributed by atoms with Crippen LogP contribution in [0.5, 0.6) is 5.75 Å². The molecule has 1 heterocycles. The molecule has 0 aliphatic carbocycles. The van der Waals surface area contributed by atoms with Crippen molar-refractivity contribution < 1.29 is 9.53 Å². The molecule has 2 aromatic carbocycles. The molecule has 0 fully saturated rings. The molecule has 0 spiro atoms. The number of carbonyl (C=O) groups is 1. The van der Waals surface area contributed by atoms with Crippen LogP contribution in [0.1, 0.15) is 5.56 Å². The van der Waals surface area contributed by atoms with Crippen LogP contribution in [-0.2, 0) is 4.79 Å². The number of nitrogens with zero attached hydrogens (tertiary/aromatic N) is 2. The van der Waals surface area contributed by atoms with Crippen LogP contribution in [0, 0.1) is 6.92 Å². The molecule has 0 atom stereocenters. The third-order valence-corrected chi connectivity index (χ3v) is 6.00. The van der Waals surface area contributed by atoms with E-state index in [2.05, 4.69) is 21.4 Å². The van der Waals surface area contributed by atoms with Crippen LogP contribution in [0.2, 0.25) is 5.02 Å². The van der Waals surface area contributed by atoms with Crippen molar-refractivity contribution >= 4 is 46.7 Å². The van der Waals surface area contributed by atoms with Crippen molar-refractivity contribution in [3.63, 3.8) is 0 Å². The number of hydrogen-bond donors (Lipinski definition) is 1. The minimum Gasteiger partial charge on any atom is -0.495 e. The first-order chi connectivity index (χ1) is 13.5. The number of aryl methyl sites for hydroxylation is 1. The van der Waals surface area contributed by atoms with E-state index in [4.69, 9.17) is 16.3 Å². The molecule has 3 rings (SSSR count). The van der Waals surface area contributed by atoms with Gasteiger partial charge in [-0.05, 0) is 37.3 Å². The molecule has 1 aromatic heterocycles. The predicted molar refractivity (Wildman–Crippen MR) is 115 cm³/mol. The highest BCUT2D eigenvalue weighted by molar-refractivity contribution is 8.02. The van der Waals surface area contributed by atoms with E-state index in [1.54, 1.807) is 37.7 Å². The van der Waals surface area contributed by atoms with Gasteiger partial charge in [0.15, 0.2) is 0 Å². The van der Waals surface area contributed by atoms with E-state index in [0.29, 0.717) is 16.5 Å². The Morgan fingerprint density at radius 3 is 2.64 bits per heavy atom. The molecule has 1 amide bonds. The summed E-state index contributed by atoms with van der Waals surface area (Å²) >= 11 is 8.97. The summed E-state index contributed by atoms with van der Waals surface area (Å²) in [5, 5.41) is 4.77. The Bertz CT molecular complexity index is 985. The Morgan fingerprint density at radius 1 is 1.14 bits per heavy atom. The number of carbonyl (C=O) groups excluding carboxylic acids is 1. The van der Waals surface area contributed by atoms with Crippen molar-refractivity contribution in [2.45, 2.75) is 21.9 Å². The van der Waals surface area contributed by atoms with Gasteiger partial charge in [0, 0.05) is 23.0 Å². The molecule has 5 nitrogen and oxygen atoms in total. The zero-order valence-electron chi connectivity index (χ0n) is 15.3. The highest BCUT2D eigenvalue weighted by atomic mass is 35.5. The smallest absolute Gasteiger partial charge is 0.234 e. The second-order valence-corrected chi connectivity index (χ2v) is 8.20. The summed E-state index contributed by atoms with van der Waals surface area (Å²) in [6.07, 6.45) is 3.28. The van der Waals surface area contributed by atoms with Crippen LogP contribution in [0.4, 0.5) is 5.69 Å². The molecular weight excluding hydrogens is 414 g/mol. The number of aromatic nitrogens is 2. The average molecular weight is 432 g/mol. The van der Waals surface area contributed by atoms with Crippen LogP contribution in [0.3, 0.4) is 0 Å². The number of benzene rings is 2. The van der Waals surface area contributed by atoms with Gasteiger partial charge in [0.05, 0.1) is 17.9 Å². The maximum atomic E-state index is 12.3. The summed E-state index contributed by atoms with van der Waals surface area (Å²) in [7, 11) is 1.54. The van der Waals surface area contributed by atoms with Crippen LogP contribution >= 0.6 is 35.1 Å². The number of hydrogen-bond acceptors (Lipinski definition) is 6. The lowest BCUT2D eigenvalue weighted by Crippen LogP contribution is -2.14. The summed E-state index contributed by atoms with van der Waals surface area (Å²) in [6, 6.07) is 13.3. The van der Waals surface area contributed by atoms with Crippen molar-refractivity contribution in [2.75, 3.05) is 18.2 Å². The van der Waals surface area contributed by atoms with E-state index in [1.807, 2.05) is 25.1 Å².